The van der Waals surface area contributed by atoms with Crippen molar-refractivity contribution >= 4 is 11.8 Å². The van der Waals surface area contributed by atoms with Gasteiger partial charge in [-0.3, -0.25) is 9.59 Å². The first-order chi connectivity index (χ1) is 11.6. The van der Waals surface area contributed by atoms with Crippen LogP contribution in [0.5, 0.6) is 5.75 Å². The van der Waals surface area contributed by atoms with Gasteiger partial charge in [-0.1, -0.05) is 0 Å². The Morgan fingerprint density at radius 1 is 1.29 bits per heavy atom. The first-order valence-corrected chi connectivity index (χ1v) is 8.25. The van der Waals surface area contributed by atoms with Gasteiger partial charge in [-0.2, -0.15) is 0 Å². The lowest BCUT2D eigenvalue weighted by atomic mass is 10.0. The number of hydrogen-bond acceptors (Lipinski definition) is 4. The lowest BCUT2D eigenvalue weighted by Crippen LogP contribution is -2.32. The van der Waals surface area contributed by atoms with Gasteiger partial charge >= 0.3 is 0 Å². The van der Waals surface area contributed by atoms with Gasteiger partial charge in [0, 0.05) is 38.2 Å². The lowest BCUT2D eigenvalue weighted by molar-refractivity contribution is 0.0946. The first-order valence-electron chi connectivity index (χ1n) is 8.25. The quantitative estimate of drug-likeness (QED) is 0.739. The molecule has 6 nitrogen and oxygen atoms in total. The van der Waals surface area contributed by atoms with Gasteiger partial charge in [0.1, 0.15) is 18.5 Å². The molecule has 1 aromatic rings. The molecule has 1 aliphatic carbocycles. The van der Waals surface area contributed by atoms with Crippen LogP contribution in [0.3, 0.4) is 0 Å². The standard InChI is InChI=1S/C17H20FN3O3/c1-19-17(23)11-4-9(2-8-3-10(5-18)24-15(8)11)16(22)21-14-12-6-20-7-13(12)14/h2,4,10,12-14,20H,3,5-7H2,1H3,(H,19,23)(H,21,22). The molecule has 2 amide bonds. The number of fused-ring (bicyclic) bond motifs is 2. The van der Waals surface area contributed by atoms with Crippen molar-refractivity contribution in [1.29, 1.82) is 0 Å². The molecule has 128 valence electrons. The van der Waals surface area contributed by atoms with Crippen molar-refractivity contribution in [2.24, 2.45) is 11.8 Å². The molecular weight excluding hydrogens is 313 g/mol. The zero-order chi connectivity index (χ0) is 16.8. The molecule has 3 atom stereocenters. The second-order valence-electron chi connectivity index (χ2n) is 6.67. The van der Waals surface area contributed by atoms with E-state index in [9.17, 15) is 14.0 Å². The van der Waals surface area contributed by atoms with Crippen LogP contribution in [-0.2, 0) is 6.42 Å². The zero-order valence-corrected chi connectivity index (χ0v) is 13.4. The largest absolute Gasteiger partial charge is 0.486 e. The summed E-state index contributed by atoms with van der Waals surface area (Å²) >= 11 is 0. The number of ether oxygens (including phenoxy) is 1. The molecule has 4 rings (SSSR count). The highest BCUT2D eigenvalue weighted by atomic mass is 19.1. The van der Waals surface area contributed by atoms with Gasteiger partial charge in [0.15, 0.2) is 0 Å². The Morgan fingerprint density at radius 3 is 2.71 bits per heavy atom. The molecule has 2 aliphatic heterocycles. The molecule has 1 saturated carbocycles. The second kappa shape index (κ2) is 5.73. The Kier molecular flexibility index (Phi) is 3.68. The molecular formula is C17H20FN3O3. The monoisotopic (exact) mass is 333 g/mol. The van der Waals surface area contributed by atoms with E-state index >= 15 is 0 Å². The smallest absolute Gasteiger partial charge is 0.254 e. The summed E-state index contributed by atoms with van der Waals surface area (Å²) in [5.74, 6) is 0.891. The SMILES string of the molecule is CNC(=O)c1cc(C(=O)NC2C3CNCC32)cc2c1OC(CF)C2. The minimum Gasteiger partial charge on any atom is -0.486 e. The van der Waals surface area contributed by atoms with E-state index in [-0.39, 0.29) is 23.4 Å². The average molecular weight is 333 g/mol. The van der Waals surface area contributed by atoms with E-state index in [0.29, 0.717) is 35.1 Å². The van der Waals surface area contributed by atoms with Crippen LogP contribution in [-0.4, -0.2) is 50.8 Å². The van der Waals surface area contributed by atoms with E-state index in [2.05, 4.69) is 16.0 Å². The van der Waals surface area contributed by atoms with Crippen molar-refractivity contribution in [2.45, 2.75) is 18.6 Å². The summed E-state index contributed by atoms with van der Waals surface area (Å²) in [7, 11) is 1.52. The Hall–Kier alpha value is -2.15. The Labute approximate surface area is 139 Å². The van der Waals surface area contributed by atoms with Gasteiger partial charge in [-0.25, -0.2) is 4.39 Å². The van der Waals surface area contributed by atoms with Crippen molar-refractivity contribution in [3.05, 3.63) is 28.8 Å². The van der Waals surface area contributed by atoms with Gasteiger partial charge in [-0.15, -0.1) is 0 Å². The van der Waals surface area contributed by atoms with E-state index in [1.54, 1.807) is 6.07 Å². The number of amides is 2. The zero-order valence-electron chi connectivity index (χ0n) is 13.4. The summed E-state index contributed by atoms with van der Waals surface area (Å²) in [5.41, 5.74) is 1.42. The molecule has 3 unspecified atom stereocenters. The number of carbonyl (C=O) groups is 2. The van der Waals surface area contributed by atoms with Crippen LogP contribution < -0.4 is 20.7 Å². The third kappa shape index (κ3) is 2.43. The molecule has 0 spiro atoms. The molecule has 2 fully saturated rings. The number of benzene rings is 1. The van der Waals surface area contributed by atoms with Crippen LogP contribution in [0, 0.1) is 11.8 Å². The van der Waals surface area contributed by atoms with Crippen LogP contribution in [0.25, 0.3) is 0 Å². The highest BCUT2D eigenvalue weighted by Gasteiger charge is 2.53. The predicted octanol–water partition coefficient (Wildman–Crippen LogP) is 0.267. The van der Waals surface area contributed by atoms with Gasteiger partial charge in [0.05, 0.1) is 5.56 Å². The van der Waals surface area contributed by atoms with Crippen LogP contribution in [0.15, 0.2) is 12.1 Å². The molecule has 1 aromatic carbocycles. The molecule has 1 saturated heterocycles. The first kappa shape index (κ1) is 15.4. The van der Waals surface area contributed by atoms with Crippen molar-refractivity contribution in [3.8, 4) is 5.75 Å². The summed E-state index contributed by atoms with van der Waals surface area (Å²) in [6.07, 6.45) is -0.217. The number of hydrogen-bond donors (Lipinski definition) is 3. The minimum absolute atomic E-state index is 0.189. The van der Waals surface area contributed by atoms with E-state index in [0.717, 1.165) is 13.1 Å². The van der Waals surface area contributed by atoms with Gasteiger partial charge in [0.25, 0.3) is 11.8 Å². The highest BCUT2D eigenvalue weighted by molar-refractivity contribution is 6.02. The van der Waals surface area contributed by atoms with E-state index in [1.165, 1.54) is 13.1 Å². The summed E-state index contributed by atoms with van der Waals surface area (Å²) in [6, 6.07) is 3.46. The fourth-order valence-electron chi connectivity index (χ4n) is 3.82. The summed E-state index contributed by atoms with van der Waals surface area (Å²) in [4.78, 5) is 24.7. The third-order valence-corrected chi connectivity index (χ3v) is 5.19. The van der Waals surface area contributed by atoms with Crippen molar-refractivity contribution < 1.29 is 18.7 Å². The molecule has 24 heavy (non-hydrogen) atoms. The maximum atomic E-state index is 12.9. The van der Waals surface area contributed by atoms with Gasteiger partial charge in [-0.05, 0) is 29.5 Å². The number of alkyl halides is 1. The normalized spacial score (nSPS) is 29.4. The number of carbonyl (C=O) groups excluding carboxylic acids is 2. The number of piperidine rings is 1. The highest BCUT2D eigenvalue weighted by Crippen LogP contribution is 2.42. The molecule has 7 heteroatoms. The van der Waals surface area contributed by atoms with Crippen LogP contribution in [0.4, 0.5) is 4.39 Å². The van der Waals surface area contributed by atoms with Crippen molar-refractivity contribution in [3.63, 3.8) is 0 Å². The second-order valence-corrected chi connectivity index (χ2v) is 6.67. The Bertz CT molecular complexity index is 699. The Morgan fingerprint density at radius 2 is 2.04 bits per heavy atom. The molecule has 0 bridgehead atoms. The summed E-state index contributed by atoms with van der Waals surface area (Å²) in [5, 5.41) is 8.88. The number of nitrogens with one attached hydrogen (secondary N) is 3. The van der Waals surface area contributed by atoms with Crippen molar-refractivity contribution in [2.75, 3.05) is 26.8 Å². The third-order valence-electron chi connectivity index (χ3n) is 5.19. The maximum absolute atomic E-state index is 12.9. The average Bonchev–Trinajstić information content (AvgIpc) is 3.01. The molecule has 0 aromatic heterocycles. The molecule has 0 radical (unpaired) electrons. The predicted molar refractivity (Wildman–Crippen MR) is 85.0 cm³/mol. The van der Waals surface area contributed by atoms with E-state index in [4.69, 9.17) is 4.74 Å². The van der Waals surface area contributed by atoms with E-state index < -0.39 is 12.8 Å². The summed E-state index contributed by atoms with van der Waals surface area (Å²) < 4.78 is 18.5. The summed E-state index contributed by atoms with van der Waals surface area (Å²) in [6.45, 7) is 1.26. The number of halogens is 1. The van der Waals surface area contributed by atoms with Crippen LogP contribution in [0.2, 0.25) is 0 Å². The minimum atomic E-state index is -0.623. The number of rotatable bonds is 4. The molecule has 3 aliphatic rings. The maximum Gasteiger partial charge on any atom is 0.254 e. The molecule has 3 N–H and O–H groups in total. The van der Waals surface area contributed by atoms with Crippen molar-refractivity contribution in [1.82, 2.24) is 16.0 Å². The van der Waals surface area contributed by atoms with Crippen LogP contribution in [0.1, 0.15) is 26.3 Å². The fourth-order valence-corrected chi connectivity index (χ4v) is 3.82. The van der Waals surface area contributed by atoms with Gasteiger partial charge in [0.2, 0.25) is 0 Å². The molecule has 2 heterocycles. The van der Waals surface area contributed by atoms with Gasteiger partial charge < -0.3 is 20.7 Å². The fraction of sp³-hybridized carbons (Fsp3) is 0.529. The topological polar surface area (TPSA) is 79.5 Å². The Balaban J connectivity index is 1.59. The van der Waals surface area contributed by atoms with E-state index in [1.807, 2.05) is 0 Å². The lowest BCUT2D eigenvalue weighted by Gasteiger charge is -2.12. The van der Waals surface area contributed by atoms with Crippen LogP contribution >= 0.6 is 0 Å².